The van der Waals surface area contributed by atoms with Crippen molar-refractivity contribution >= 4 is 23.1 Å². The minimum absolute atomic E-state index is 0.317. The van der Waals surface area contributed by atoms with Gasteiger partial charge < -0.3 is 9.64 Å². The maximum atomic E-state index is 11.4. The van der Waals surface area contributed by atoms with Crippen LogP contribution in [-0.2, 0) is 9.53 Å². The summed E-state index contributed by atoms with van der Waals surface area (Å²) in [5, 5.41) is 4.03. The van der Waals surface area contributed by atoms with Crippen molar-refractivity contribution in [3.8, 4) is 0 Å². The van der Waals surface area contributed by atoms with Crippen LogP contribution in [0.15, 0.2) is 29.4 Å². The maximum absolute atomic E-state index is 11.4. The predicted molar refractivity (Wildman–Crippen MR) is 85.9 cm³/mol. The Morgan fingerprint density at radius 2 is 1.90 bits per heavy atom. The molecule has 1 aliphatic rings. The molecule has 1 N–H and O–H groups in total. The zero-order valence-electron chi connectivity index (χ0n) is 12.8. The SMILES string of the molecule is CCOC(=O)/C(C)=N\Nc1ccc(N2CCCCC2)cc1. The molecule has 5 nitrogen and oxygen atoms in total. The number of anilines is 2. The van der Waals surface area contributed by atoms with Crippen molar-refractivity contribution in [2.75, 3.05) is 30.0 Å². The Kier molecular flexibility index (Phi) is 5.60. The molecule has 1 saturated heterocycles. The van der Waals surface area contributed by atoms with Gasteiger partial charge in [0.2, 0.25) is 0 Å². The molecular weight excluding hydrogens is 266 g/mol. The molecule has 0 aromatic heterocycles. The molecule has 0 radical (unpaired) electrons. The Hall–Kier alpha value is -2.04. The highest BCUT2D eigenvalue weighted by molar-refractivity contribution is 6.35. The molecule has 5 heteroatoms. The summed E-state index contributed by atoms with van der Waals surface area (Å²) >= 11 is 0. The molecule has 1 heterocycles. The van der Waals surface area contributed by atoms with Gasteiger partial charge >= 0.3 is 5.97 Å². The van der Waals surface area contributed by atoms with Crippen LogP contribution in [0.3, 0.4) is 0 Å². The van der Waals surface area contributed by atoms with E-state index in [0.717, 1.165) is 18.8 Å². The first kappa shape index (κ1) is 15.4. The first-order valence-electron chi connectivity index (χ1n) is 7.53. The van der Waals surface area contributed by atoms with Gasteiger partial charge in [0.15, 0.2) is 0 Å². The van der Waals surface area contributed by atoms with Gasteiger partial charge in [-0.1, -0.05) is 0 Å². The molecular formula is C16H23N3O2. The van der Waals surface area contributed by atoms with Gasteiger partial charge in [0, 0.05) is 18.8 Å². The summed E-state index contributed by atoms with van der Waals surface area (Å²) in [6.07, 6.45) is 3.87. The molecule has 0 amide bonds. The quantitative estimate of drug-likeness (QED) is 0.514. The minimum Gasteiger partial charge on any atom is -0.461 e. The monoisotopic (exact) mass is 289 g/mol. The number of hydrogen-bond donors (Lipinski definition) is 1. The summed E-state index contributed by atoms with van der Waals surface area (Å²) in [5.41, 5.74) is 5.30. The van der Waals surface area contributed by atoms with E-state index >= 15 is 0 Å². The second-order valence-corrected chi connectivity index (χ2v) is 5.12. The van der Waals surface area contributed by atoms with Gasteiger partial charge in [-0.3, -0.25) is 5.43 Å². The van der Waals surface area contributed by atoms with E-state index in [-0.39, 0.29) is 0 Å². The lowest BCUT2D eigenvalue weighted by Gasteiger charge is -2.28. The number of rotatable bonds is 5. The predicted octanol–water partition coefficient (Wildman–Crippen LogP) is 3.03. The lowest BCUT2D eigenvalue weighted by atomic mass is 10.1. The Labute approximate surface area is 126 Å². The molecule has 1 fully saturated rings. The molecule has 114 valence electrons. The number of ether oxygens (including phenoxy) is 1. The van der Waals surface area contributed by atoms with Gasteiger partial charge in [-0.2, -0.15) is 5.10 Å². The number of carbonyl (C=O) groups excluding carboxylic acids is 1. The van der Waals surface area contributed by atoms with Crippen molar-refractivity contribution in [2.24, 2.45) is 5.10 Å². The molecule has 2 rings (SSSR count). The first-order chi connectivity index (χ1) is 10.2. The molecule has 0 saturated carbocycles. The van der Waals surface area contributed by atoms with Crippen LogP contribution in [0.1, 0.15) is 33.1 Å². The second-order valence-electron chi connectivity index (χ2n) is 5.12. The van der Waals surface area contributed by atoms with Crippen LogP contribution in [0, 0.1) is 0 Å². The van der Waals surface area contributed by atoms with Crippen LogP contribution < -0.4 is 10.3 Å². The van der Waals surface area contributed by atoms with Gasteiger partial charge in [-0.25, -0.2) is 4.79 Å². The number of hydrazone groups is 1. The number of piperidine rings is 1. The number of nitrogens with zero attached hydrogens (tertiary/aromatic N) is 2. The Morgan fingerprint density at radius 1 is 1.24 bits per heavy atom. The summed E-state index contributed by atoms with van der Waals surface area (Å²) in [4.78, 5) is 13.8. The fraction of sp³-hybridized carbons (Fsp3) is 0.500. The first-order valence-corrected chi connectivity index (χ1v) is 7.53. The van der Waals surface area contributed by atoms with E-state index in [2.05, 4.69) is 27.6 Å². The van der Waals surface area contributed by atoms with E-state index in [0.29, 0.717) is 12.3 Å². The number of carbonyl (C=O) groups is 1. The summed E-state index contributed by atoms with van der Waals surface area (Å²) in [6.45, 7) is 6.03. The third kappa shape index (κ3) is 4.48. The molecule has 0 spiro atoms. The van der Waals surface area contributed by atoms with Gasteiger partial charge in [0.1, 0.15) is 5.71 Å². The largest absolute Gasteiger partial charge is 0.461 e. The van der Waals surface area contributed by atoms with Crippen LogP contribution in [-0.4, -0.2) is 31.4 Å². The van der Waals surface area contributed by atoms with E-state index in [1.54, 1.807) is 13.8 Å². The fourth-order valence-corrected chi connectivity index (χ4v) is 2.33. The van der Waals surface area contributed by atoms with Crippen LogP contribution in [0.4, 0.5) is 11.4 Å². The average molecular weight is 289 g/mol. The van der Waals surface area contributed by atoms with E-state index in [1.807, 2.05) is 12.1 Å². The number of hydrogen-bond acceptors (Lipinski definition) is 5. The van der Waals surface area contributed by atoms with E-state index in [1.165, 1.54) is 24.9 Å². The van der Waals surface area contributed by atoms with Crippen molar-refractivity contribution in [2.45, 2.75) is 33.1 Å². The highest BCUT2D eigenvalue weighted by Crippen LogP contribution is 2.21. The van der Waals surface area contributed by atoms with Crippen molar-refractivity contribution in [1.29, 1.82) is 0 Å². The standard InChI is InChI=1S/C16H23N3O2/c1-3-21-16(20)13(2)17-18-14-7-9-15(10-8-14)19-11-5-4-6-12-19/h7-10,18H,3-6,11-12H2,1-2H3/b17-13-. The van der Waals surface area contributed by atoms with Gasteiger partial charge in [0.05, 0.1) is 12.3 Å². The lowest BCUT2D eigenvalue weighted by molar-refractivity contribution is -0.135. The van der Waals surface area contributed by atoms with Crippen LogP contribution in [0.5, 0.6) is 0 Å². The van der Waals surface area contributed by atoms with Gasteiger partial charge in [0.25, 0.3) is 0 Å². The van der Waals surface area contributed by atoms with E-state index < -0.39 is 5.97 Å². The average Bonchev–Trinajstić information content (AvgIpc) is 2.54. The summed E-state index contributed by atoms with van der Waals surface area (Å²) in [7, 11) is 0. The van der Waals surface area contributed by atoms with Crippen molar-refractivity contribution in [3.63, 3.8) is 0 Å². The summed E-state index contributed by atoms with van der Waals surface area (Å²) in [5.74, 6) is -0.394. The highest BCUT2D eigenvalue weighted by Gasteiger charge is 2.10. The van der Waals surface area contributed by atoms with Crippen molar-refractivity contribution in [1.82, 2.24) is 0 Å². The lowest BCUT2D eigenvalue weighted by Crippen LogP contribution is -2.29. The Balaban J connectivity index is 1.93. The zero-order valence-corrected chi connectivity index (χ0v) is 12.8. The topological polar surface area (TPSA) is 53.9 Å². The maximum Gasteiger partial charge on any atom is 0.354 e. The van der Waals surface area contributed by atoms with Crippen LogP contribution >= 0.6 is 0 Å². The smallest absolute Gasteiger partial charge is 0.354 e. The summed E-state index contributed by atoms with van der Waals surface area (Å²) in [6, 6.07) is 8.13. The van der Waals surface area contributed by atoms with Gasteiger partial charge in [-0.15, -0.1) is 0 Å². The van der Waals surface area contributed by atoms with Crippen molar-refractivity contribution in [3.05, 3.63) is 24.3 Å². The molecule has 0 unspecified atom stereocenters. The third-order valence-electron chi connectivity index (χ3n) is 3.51. The van der Waals surface area contributed by atoms with E-state index in [4.69, 9.17) is 4.74 Å². The normalized spacial score (nSPS) is 15.7. The highest BCUT2D eigenvalue weighted by atomic mass is 16.5. The minimum atomic E-state index is -0.394. The molecule has 0 atom stereocenters. The zero-order chi connectivity index (χ0) is 15.1. The molecule has 0 aliphatic carbocycles. The number of esters is 1. The van der Waals surface area contributed by atoms with Gasteiger partial charge in [-0.05, 0) is 57.4 Å². The third-order valence-corrected chi connectivity index (χ3v) is 3.51. The number of nitrogens with one attached hydrogen (secondary N) is 1. The van der Waals surface area contributed by atoms with Crippen LogP contribution in [0.25, 0.3) is 0 Å². The van der Waals surface area contributed by atoms with Crippen LogP contribution in [0.2, 0.25) is 0 Å². The molecule has 21 heavy (non-hydrogen) atoms. The molecule has 1 aliphatic heterocycles. The molecule has 0 bridgehead atoms. The molecule has 1 aromatic rings. The Morgan fingerprint density at radius 3 is 2.52 bits per heavy atom. The Bertz CT molecular complexity index is 491. The van der Waals surface area contributed by atoms with Crippen molar-refractivity contribution < 1.29 is 9.53 Å². The molecule has 1 aromatic carbocycles. The fourth-order valence-electron chi connectivity index (χ4n) is 2.33. The number of benzene rings is 1. The summed E-state index contributed by atoms with van der Waals surface area (Å²) < 4.78 is 4.87. The van der Waals surface area contributed by atoms with E-state index in [9.17, 15) is 4.79 Å². The second kappa shape index (κ2) is 7.67.